The van der Waals surface area contributed by atoms with Crippen LogP contribution in [0.1, 0.15) is 58.6 Å². The molecule has 0 spiro atoms. The van der Waals surface area contributed by atoms with E-state index in [1.165, 1.54) is 5.56 Å². The van der Waals surface area contributed by atoms with Crippen molar-refractivity contribution in [3.05, 3.63) is 53.6 Å². The normalized spacial score (nSPS) is 17.8. The Morgan fingerprint density at radius 3 is 2.07 bits per heavy atom. The average Bonchev–Trinajstić information content (AvgIpc) is 2.87. The van der Waals surface area contributed by atoms with Crippen molar-refractivity contribution in [2.24, 2.45) is 0 Å². The predicted molar refractivity (Wildman–Crippen MR) is 114 cm³/mol. The minimum absolute atomic E-state index is 0.342. The van der Waals surface area contributed by atoms with Crippen molar-refractivity contribution in [3.63, 3.8) is 0 Å². The molecule has 28 heavy (non-hydrogen) atoms. The minimum Gasteiger partial charge on any atom is -0.496 e. The highest BCUT2D eigenvalue weighted by molar-refractivity contribution is 6.62. The van der Waals surface area contributed by atoms with Gasteiger partial charge in [0.15, 0.2) is 0 Å². The number of hydrogen-bond acceptors (Lipinski definition) is 4. The summed E-state index contributed by atoms with van der Waals surface area (Å²) in [5.74, 6) is 2.13. The molecule has 1 fully saturated rings. The summed E-state index contributed by atoms with van der Waals surface area (Å²) in [4.78, 5) is 0. The summed E-state index contributed by atoms with van der Waals surface area (Å²) < 4.78 is 23.7. The van der Waals surface area contributed by atoms with E-state index in [0.29, 0.717) is 12.5 Å². The van der Waals surface area contributed by atoms with Gasteiger partial charge in [0.1, 0.15) is 18.1 Å². The first-order valence-corrected chi connectivity index (χ1v) is 9.88. The smallest absolute Gasteiger partial charge is 0.494 e. The topological polar surface area (TPSA) is 36.9 Å². The molecule has 2 aromatic rings. The Hall–Kier alpha value is -1.98. The van der Waals surface area contributed by atoms with E-state index in [1.54, 1.807) is 7.11 Å². The molecule has 0 aliphatic carbocycles. The zero-order valence-corrected chi connectivity index (χ0v) is 18.0. The quantitative estimate of drug-likeness (QED) is 0.679. The minimum atomic E-state index is -0.359. The van der Waals surface area contributed by atoms with E-state index in [4.69, 9.17) is 18.8 Å². The van der Waals surface area contributed by atoms with Gasteiger partial charge in [-0.1, -0.05) is 38.1 Å². The second-order valence-corrected chi connectivity index (χ2v) is 8.67. The van der Waals surface area contributed by atoms with Crippen LogP contribution in [0.4, 0.5) is 0 Å². The molecule has 0 unspecified atom stereocenters. The fraction of sp³-hybridized carbons (Fsp3) is 0.478. The largest absolute Gasteiger partial charge is 0.496 e. The van der Waals surface area contributed by atoms with Gasteiger partial charge in [-0.05, 0) is 62.8 Å². The second kappa shape index (κ2) is 7.80. The highest BCUT2D eigenvalue weighted by atomic mass is 16.7. The molecule has 2 aromatic carbocycles. The van der Waals surface area contributed by atoms with E-state index in [1.807, 2.05) is 24.3 Å². The van der Waals surface area contributed by atoms with Gasteiger partial charge in [-0.3, -0.25) is 0 Å². The third-order valence-electron chi connectivity index (χ3n) is 5.78. The molecule has 0 saturated carbocycles. The molecule has 1 heterocycles. The number of methoxy groups -OCH3 is 1. The molecule has 0 N–H and O–H groups in total. The Morgan fingerprint density at radius 1 is 0.929 bits per heavy atom. The van der Waals surface area contributed by atoms with Crippen LogP contribution >= 0.6 is 0 Å². The standard InChI is InChI=1S/C23H31BO4/c1-16(2)17-8-9-18(21(14-17)25-7)15-26-20-12-10-19(11-13-20)24-27-22(3,4)23(5,6)28-24/h8-14,16H,15H2,1-7H3. The molecule has 0 amide bonds. The van der Waals surface area contributed by atoms with Crippen LogP contribution in [-0.2, 0) is 15.9 Å². The summed E-state index contributed by atoms with van der Waals surface area (Å²) in [6.45, 7) is 13.0. The molecule has 1 saturated heterocycles. The average molecular weight is 382 g/mol. The highest BCUT2D eigenvalue weighted by Gasteiger charge is 2.51. The zero-order valence-electron chi connectivity index (χ0n) is 18.0. The van der Waals surface area contributed by atoms with Crippen LogP contribution in [-0.4, -0.2) is 25.4 Å². The summed E-state index contributed by atoms with van der Waals surface area (Å²) in [6.07, 6.45) is 0. The Morgan fingerprint density at radius 2 is 1.54 bits per heavy atom. The van der Waals surface area contributed by atoms with E-state index < -0.39 is 0 Å². The summed E-state index contributed by atoms with van der Waals surface area (Å²) in [7, 11) is 1.34. The first kappa shape index (κ1) is 20.8. The molecular formula is C23H31BO4. The van der Waals surface area contributed by atoms with Crippen molar-refractivity contribution in [3.8, 4) is 11.5 Å². The van der Waals surface area contributed by atoms with Crippen LogP contribution in [0.15, 0.2) is 42.5 Å². The van der Waals surface area contributed by atoms with Gasteiger partial charge in [-0.2, -0.15) is 0 Å². The van der Waals surface area contributed by atoms with Crippen molar-refractivity contribution in [2.75, 3.05) is 7.11 Å². The second-order valence-electron chi connectivity index (χ2n) is 8.67. The lowest BCUT2D eigenvalue weighted by Crippen LogP contribution is -2.41. The summed E-state index contributed by atoms with van der Waals surface area (Å²) >= 11 is 0. The number of hydrogen-bond donors (Lipinski definition) is 0. The van der Waals surface area contributed by atoms with Crippen LogP contribution in [0.3, 0.4) is 0 Å². The molecule has 4 nitrogen and oxygen atoms in total. The Labute approximate surface area is 169 Å². The maximum Gasteiger partial charge on any atom is 0.494 e. The van der Waals surface area contributed by atoms with Crippen molar-refractivity contribution in [1.29, 1.82) is 0 Å². The summed E-state index contributed by atoms with van der Waals surface area (Å²) in [6, 6.07) is 14.2. The van der Waals surface area contributed by atoms with Gasteiger partial charge in [0.2, 0.25) is 0 Å². The third kappa shape index (κ3) is 4.21. The lowest BCUT2D eigenvalue weighted by atomic mass is 9.79. The van der Waals surface area contributed by atoms with E-state index >= 15 is 0 Å². The maximum atomic E-state index is 6.10. The summed E-state index contributed by atoms with van der Waals surface area (Å²) in [5.41, 5.74) is 2.59. The van der Waals surface area contributed by atoms with Crippen molar-refractivity contribution >= 4 is 12.6 Å². The lowest BCUT2D eigenvalue weighted by molar-refractivity contribution is 0.00578. The molecule has 5 heteroatoms. The van der Waals surface area contributed by atoms with Gasteiger partial charge >= 0.3 is 7.12 Å². The first-order valence-electron chi connectivity index (χ1n) is 9.88. The zero-order chi connectivity index (χ0) is 20.5. The van der Waals surface area contributed by atoms with Gasteiger partial charge in [-0.15, -0.1) is 0 Å². The molecule has 0 bridgehead atoms. The van der Waals surface area contributed by atoms with Gasteiger partial charge in [0.25, 0.3) is 0 Å². The van der Waals surface area contributed by atoms with Crippen LogP contribution in [0, 0.1) is 0 Å². The van der Waals surface area contributed by atoms with Crippen LogP contribution in [0.2, 0.25) is 0 Å². The van der Waals surface area contributed by atoms with Gasteiger partial charge in [0.05, 0.1) is 18.3 Å². The summed E-state index contributed by atoms with van der Waals surface area (Å²) in [5, 5.41) is 0. The van der Waals surface area contributed by atoms with E-state index in [2.05, 4.69) is 59.7 Å². The lowest BCUT2D eigenvalue weighted by Gasteiger charge is -2.32. The SMILES string of the molecule is COc1cc(C(C)C)ccc1COc1ccc(B2OC(C)(C)C(C)(C)O2)cc1. The molecule has 150 valence electrons. The Bertz CT molecular complexity index is 796. The van der Waals surface area contributed by atoms with Gasteiger partial charge in [-0.25, -0.2) is 0 Å². The molecule has 0 radical (unpaired) electrons. The molecule has 1 aliphatic heterocycles. The van der Waals surface area contributed by atoms with Crippen LogP contribution in [0.5, 0.6) is 11.5 Å². The molecular weight excluding hydrogens is 351 g/mol. The van der Waals surface area contributed by atoms with Crippen LogP contribution < -0.4 is 14.9 Å². The van der Waals surface area contributed by atoms with Crippen molar-refractivity contribution < 1.29 is 18.8 Å². The number of rotatable bonds is 6. The van der Waals surface area contributed by atoms with Crippen molar-refractivity contribution in [2.45, 2.75) is 65.3 Å². The van der Waals surface area contributed by atoms with Crippen molar-refractivity contribution in [1.82, 2.24) is 0 Å². The van der Waals surface area contributed by atoms with E-state index in [-0.39, 0.29) is 18.3 Å². The third-order valence-corrected chi connectivity index (χ3v) is 5.78. The molecule has 0 atom stereocenters. The monoisotopic (exact) mass is 382 g/mol. The highest BCUT2D eigenvalue weighted by Crippen LogP contribution is 2.36. The number of ether oxygens (including phenoxy) is 2. The maximum absolute atomic E-state index is 6.10. The first-order chi connectivity index (χ1) is 13.1. The Balaban J connectivity index is 1.66. The molecule has 3 rings (SSSR count). The molecule has 1 aliphatic rings. The fourth-order valence-corrected chi connectivity index (χ4v) is 3.10. The van der Waals surface area contributed by atoms with Gasteiger partial charge < -0.3 is 18.8 Å². The van der Waals surface area contributed by atoms with Gasteiger partial charge in [0, 0.05) is 5.56 Å². The van der Waals surface area contributed by atoms with Crippen LogP contribution in [0.25, 0.3) is 0 Å². The van der Waals surface area contributed by atoms with E-state index in [0.717, 1.165) is 22.5 Å². The number of benzene rings is 2. The molecule has 0 aromatic heterocycles. The van der Waals surface area contributed by atoms with E-state index in [9.17, 15) is 0 Å². The Kier molecular flexibility index (Phi) is 5.78. The predicted octanol–water partition coefficient (Wildman–Crippen LogP) is 4.70. The fourth-order valence-electron chi connectivity index (χ4n) is 3.10.